The zero-order valence-electron chi connectivity index (χ0n) is 14.2. The summed E-state index contributed by atoms with van der Waals surface area (Å²) in [5.74, 6) is 1.89. The van der Waals surface area contributed by atoms with Crippen LogP contribution < -0.4 is 4.90 Å². The molecule has 2 saturated heterocycles. The molecule has 0 radical (unpaired) electrons. The predicted octanol–water partition coefficient (Wildman–Crippen LogP) is 3.47. The Bertz CT molecular complexity index is 625. The minimum Gasteiger partial charge on any atom is -0.338 e. The van der Waals surface area contributed by atoms with Crippen LogP contribution in [0, 0.1) is 11.8 Å². The molecule has 0 aromatic heterocycles. The molecule has 1 aliphatic carbocycles. The number of hydrogen-bond acceptors (Lipinski definition) is 2. The van der Waals surface area contributed by atoms with Crippen LogP contribution >= 0.6 is 0 Å². The van der Waals surface area contributed by atoms with Crippen LogP contribution in [0.15, 0.2) is 24.3 Å². The van der Waals surface area contributed by atoms with Crippen LogP contribution in [0.2, 0.25) is 0 Å². The largest absolute Gasteiger partial charge is 0.338 e. The van der Waals surface area contributed by atoms with Gasteiger partial charge < -0.3 is 9.80 Å². The summed E-state index contributed by atoms with van der Waals surface area (Å²) in [4.78, 5) is 28.5. The highest BCUT2D eigenvalue weighted by Gasteiger charge is 2.33. The van der Waals surface area contributed by atoms with Gasteiger partial charge in [0.25, 0.3) is 5.91 Å². The first kappa shape index (κ1) is 15.7. The van der Waals surface area contributed by atoms with Crippen molar-refractivity contribution < 1.29 is 9.59 Å². The summed E-state index contributed by atoms with van der Waals surface area (Å²) in [6, 6.07) is 7.61. The van der Waals surface area contributed by atoms with E-state index in [0.29, 0.717) is 12.3 Å². The number of likely N-dealkylation sites (tertiary alicyclic amines) is 1. The standard InChI is InChI=1S/C20H26N2O2/c23-19-6-3-12-22(19)18-9-7-16(8-10-18)20(24)21-13-11-15-4-1-2-5-17(15)14-21/h7-10,15,17H,1-6,11-14H2/t15-,17+/m1/s1. The second-order valence-corrected chi connectivity index (χ2v) is 7.54. The third kappa shape index (κ3) is 2.94. The van der Waals surface area contributed by atoms with E-state index in [-0.39, 0.29) is 11.8 Å². The molecule has 1 aromatic rings. The maximum Gasteiger partial charge on any atom is 0.253 e. The van der Waals surface area contributed by atoms with Gasteiger partial charge in [-0.1, -0.05) is 19.3 Å². The lowest BCUT2D eigenvalue weighted by Gasteiger charge is -2.41. The first-order chi connectivity index (χ1) is 11.7. The predicted molar refractivity (Wildman–Crippen MR) is 94.0 cm³/mol. The topological polar surface area (TPSA) is 40.6 Å². The second kappa shape index (κ2) is 6.58. The summed E-state index contributed by atoms with van der Waals surface area (Å²) in [5.41, 5.74) is 1.67. The molecular weight excluding hydrogens is 300 g/mol. The first-order valence-corrected chi connectivity index (χ1v) is 9.42. The van der Waals surface area contributed by atoms with Crippen molar-refractivity contribution in [3.8, 4) is 0 Å². The minimum absolute atomic E-state index is 0.151. The molecule has 128 valence electrons. The molecule has 1 saturated carbocycles. The molecular formula is C20H26N2O2. The van der Waals surface area contributed by atoms with Crippen molar-refractivity contribution in [1.82, 2.24) is 4.90 Å². The number of hydrogen-bond donors (Lipinski definition) is 0. The average Bonchev–Trinajstić information content (AvgIpc) is 3.07. The Morgan fingerprint density at radius 1 is 0.917 bits per heavy atom. The Morgan fingerprint density at radius 3 is 2.38 bits per heavy atom. The maximum atomic E-state index is 12.8. The van der Waals surface area contributed by atoms with Crippen molar-refractivity contribution in [2.24, 2.45) is 11.8 Å². The zero-order chi connectivity index (χ0) is 16.5. The molecule has 0 bridgehead atoms. The van der Waals surface area contributed by atoms with Crippen LogP contribution in [0.5, 0.6) is 0 Å². The molecule has 3 aliphatic rings. The molecule has 4 rings (SSSR count). The van der Waals surface area contributed by atoms with E-state index in [4.69, 9.17) is 0 Å². The van der Waals surface area contributed by atoms with Crippen LogP contribution in [0.1, 0.15) is 55.3 Å². The van der Waals surface area contributed by atoms with Gasteiger partial charge in [-0.05, 0) is 55.4 Å². The number of nitrogens with zero attached hydrogens (tertiary/aromatic N) is 2. The number of carbonyl (C=O) groups is 2. The van der Waals surface area contributed by atoms with Gasteiger partial charge in [0.1, 0.15) is 0 Å². The summed E-state index contributed by atoms with van der Waals surface area (Å²) in [7, 11) is 0. The van der Waals surface area contributed by atoms with Gasteiger partial charge in [0.2, 0.25) is 5.91 Å². The fourth-order valence-electron chi connectivity index (χ4n) is 4.67. The molecule has 2 heterocycles. The van der Waals surface area contributed by atoms with Crippen molar-refractivity contribution >= 4 is 17.5 Å². The molecule has 1 aromatic carbocycles. The van der Waals surface area contributed by atoms with Gasteiger partial charge in [0.15, 0.2) is 0 Å². The van der Waals surface area contributed by atoms with Gasteiger partial charge >= 0.3 is 0 Å². The molecule has 3 fully saturated rings. The van der Waals surface area contributed by atoms with Gasteiger partial charge in [0.05, 0.1) is 0 Å². The van der Waals surface area contributed by atoms with Gasteiger partial charge in [-0.25, -0.2) is 0 Å². The van der Waals surface area contributed by atoms with E-state index in [1.165, 1.54) is 25.7 Å². The molecule has 0 N–H and O–H groups in total. The molecule has 4 nitrogen and oxygen atoms in total. The van der Waals surface area contributed by atoms with Crippen molar-refractivity contribution in [3.63, 3.8) is 0 Å². The molecule has 24 heavy (non-hydrogen) atoms. The Kier molecular flexibility index (Phi) is 4.30. The third-order valence-corrected chi connectivity index (χ3v) is 6.08. The third-order valence-electron chi connectivity index (χ3n) is 6.08. The summed E-state index contributed by atoms with van der Waals surface area (Å²) < 4.78 is 0. The maximum absolute atomic E-state index is 12.8. The Morgan fingerprint density at radius 2 is 1.67 bits per heavy atom. The fraction of sp³-hybridized carbons (Fsp3) is 0.600. The monoisotopic (exact) mass is 326 g/mol. The quantitative estimate of drug-likeness (QED) is 0.835. The van der Waals surface area contributed by atoms with E-state index in [9.17, 15) is 9.59 Å². The van der Waals surface area contributed by atoms with E-state index < -0.39 is 0 Å². The van der Waals surface area contributed by atoms with Crippen molar-refractivity contribution in [2.75, 3.05) is 24.5 Å². The fourth-order valence-corrected chi connectivity index (χ4v) is 4.67. The average molecular weight is 326 g/mol. The minimum atomic E-state index is 0.151. The first-order valence-electron chi connectivity index (χ1n) is 9.42. The number of amides is 2. The van der Waals surface area contributed by atoms with E-state index in [0.717, 1.165) is 49.6 Å². The number of benzene rings is 1. The van der Waals surface area contributed by atoms with Crippen LogP contribution in [0.4, 0.5) is 5.69 Å². The smallest absolute Gasteiger partial charge is 0.253 e. The van der Waals surface area contributed by atoms with Crippen LogP contribution in [-0.4, -0.2) is 36.3 Å². The molecule has 4 heteroatoms. The van der Waals surface area contributed by atoms with Crippen LogP contribution in [0.25, 0.3) is 0 Å². The second-order valence-electron chi connectivity index (χ2n) is 7.54. The Hall–Kier alpha value is -1.84. The van der Waals surface area contributed by atoms with E-state index in [1.54, 1.807) is 0 Å². The summed E-state index contributed by atoms with van der Waals surface area (Å²) in [5, 5.41) is 0. The highest BCUT2D eigenvalue weighted by atomic mass is 16.2. The number of anilines is 1. The van der Waals surface area contributed by atoms with Crippen LogP contribution in [0.3, 0.4) is 0 Å². The number of carbonyl (C=O) groups excluding carboxylic acids is 2. The Balaban J connectivity index is 1.43. The van der Waals surface area contributed by atoms with Gasteiger partial charge in [-0.2, -0.15) is 0 Å². The summed E-state index contributed by atoms with van der Waals surface area (Å²) in [6.45, 7) is 2.61. The molecule has 0 unspecified atom stereocenters. The molecule has 0 spiro atoms. The van der Waals surface area contributed by atoms with Crippen molar-refractivity contribution in [1.29, 1.82) is 0 Å². The van der Waals surface area contributed by atoms with Crippen LogP contribution in [-0.2, 0) is 4.79 Å². The van der Waals surface area contributed by atoms with Crippen molar-refractivity contribution in [2.45, 2.75) is 44.9 Å². The van der Waals surface area contributed by atoms with E-state index in [2.05, 4.69) is 0 Å². The SMILES string of the molecule is O=C(c1ccc(N2CCCC2=O)cc1)N1CC[C@H]2CCCC[C@H]2C1. The normalized spacial score (nSPS) is 27.2. The summed E-state index contributed by atoms with van der Waals surface area (Å²) >= 11 is 0. The molecule has 2 aliphatic heterocycles. The number of rotatable bonds is 2. The lowest BCUT2D eigenvalue weighted by Crippen LogP contribution is -2.44. The zero-order valence-corrected chi connectivity index (χ0v) is 14.2. The van der Waals surface area contributed by atoms with Gasteiger partial charge in [-0.3, -0.25) is 9.59 Å². The van der Waals surface area contributed by atoms with Crippen molar-refractivity contribution in [3.05, 3.63) is 29.8 Å². The number of fused-ring (bicyclic) bond motifs is 1. The highest BCUT2D eigenvalue weighted by molar-refractivity contribution is 5.97. The lowest BCUT2D eigenvalue weighted by atomic mass is 9.75. The van der Waals surface area contributed by atoms with E-state index >= 15 is 0 Å². The summed E-state index contributed by atoms with van der Waals surface area (Å²) in [6.07, 6.45) is 8.05. The molecule has 2 amide bonds. The lowest BCUT2D eigenvalue weighted by molar-refractivity contribution is -0.117. The number of piperidine rings is 1. The van der Waals surface area contributed by atoms with Gasteiger partial charge in [0, 0.05) is 37.3 Å². The Labute approximate surface area is 143 Å². The molecule has 2 atom stereocenters. The highest BCUT2D eigenvalue weighted by Crippen LogP contribution is 2.36. The van der Waals surface area contributed by atoms with Gasteiger partial charge in [-0.15, -0.1) is 0 Å². The van der Waals surface area contributed by atoms with E-state index in [1.807, 2.05) is 34.1 Å².